The smallest absolute Gasteiger partial charge is 0.233 e. The first-order chi connectivity index (χ1) is 9.58. The molecule has 2 rings (SSSR count). The molecule has 0 spiro atoms. The normalized spacial score (nSPS) is 10.7. The van der Waals surface area contributed by atoms with Gasteiger partial charge in [0, 0.05) is 13.5 Å². The third kappa shape index (κ3) is 3.90. The van der Waals surface area contributed by atoms with E-state index in [1.807, 2.05) is 6.92 Å². The molecule has 0 fully saturated rings. The average molecular weight is 314 g/mol. The van der Waals surface area contributed by atoms with Gasteiger partial charge in [0.1, 0.15) is 0 Å². The number of nitrogens with two attached hydrogens (primary N) is 1. The Balaban J connectivity index is 1.82. The van der Waals surface area contributed by atoms with E-state index in [1.165, 1.54) is 23.1 Å². The van der Waals surface area contributed by atoms with Crippen molar-refractivity contribution in [2.75, 3.05) is 18.5 Å². The quantitative estimate of drug-likeness (QED) is 0.780. The predicted octanol–water partition coefficient (Wildman–Crippen LogP) is 0.816. The van der Waals surface area contributed by atoms with Crippen LogP contribution in [-0.4, -0.2) is 43.9 Å². The Hall–Kier alpha value is -1.68. The Bertz CT molecular complexity index is 584. The number of thioether (sulfide) groups is 1. The van der Waals surface area contributed by atoms with E-state index in [0.29, 0.717) is 34.2 Å². The lowest BCUT2D eigenvalue weighted by molar-refractivity contribution is -0.127. The van der Waals surface area contributed by atoms with Crippen LogP contribution in [-0.2, 0) is 17.8 Å². The van der Waals surface area contributed by atoms with Gasteiger partial charge in [-0.15, -0.1) is 10.2 Å². The second-order valence-electron chi connectivity index (χ2n) is 3.90. The summed E-state index contributed by atoms with van der Waals surface area (Å²) >= 11 is 2.57. The molecule has 2 aromatic heterocycles. The van der Waals surface area contributed by atoms with E-state index in [2.05, 4.69) is 20.3 Å². The number of rotatable bonds is 6. The second-order valence-corrected chi connectivity index (χ2v) is 6.13. The molecule has 0 bridgehead atoms. The van der Waals surface area contributed by atoms with Crippen molar-refractivity contribution < 1.29 is 9.32 Å². The standard InChI is InChI=1S/C10H14N6O2S2/c1-3-7-12-6(15-18-7)4-16(2)8(17)5-19-10-14-13-9(11)20-10/h3-5H2,1-2H3,(H2,11,13). The highest BCUT2D eigenvalue weighted by Crippen LogP contribution is 2.23. The molecule has 108 valence electrons. The van der Waals surface area contributed by atoms with Gasteiger partial charge >= 0.3 is 0 Å². The van der Waals surface area contributed by atoms with E-state index in [4.69, 9.17) is 10.3 Å². The summed E-state index contributed by atoms with van der Waals surface area (Å²) in [6.45, 7) is 2.25. The third-order valence-electron chi connectivity index (χ3n) is 2.36. The predicted molar refractivity (Wildman–Crippen MR) is 75.2 cm³/mol. The zero-order valence-corrected chi connectivity index (χ0v) is 12.7. The molecule has 20 heavy (non-hydrogen) atoms. The van der Waals surface area contributed by atoms with E-state index >= 15 is 0 Å². The van der Waals surface area contributed by atoms with Gasteiger partial charge in [-0.25, -0.2) is 0 Å². The number of hydrogen-bond donors (Lipinski definition) is 1. The second kappa shape index (κ2) is 6.66. The first kappa shape index (κ1) is 14.7. The van der Waals surface area contributed by atoms with Gasteiger partial charge in [0.05, 0.1) is 12.3 Å². The Morgan fingerprint density at radius 1 is 1.50 bits per heavy atom. The van der Waals surface area contributed by atoms with Crippen LogP contribution in [0, 0.1) is 0 Å². The van der Waals surface area contributed by atoms with Crippen LogP contribution in [0.4, 0.5) is 5.13 Å². The van der Waals surface area contributed by atoms with Gasteiger partial charge in [0.2, 0.25) is 16.9 Å². The van der Waals surface area contributed by atoms with Crippen molar-refractivity contribution in [1.82, 2.24) is 25.2 Å². The van der Waals surface area contributed by atoms with Crippen molar-refractivity contribution in [1.29, 1.82) is 0 Å². The summed E-state index contributed by atoms with van der Waals surface area (Å²) in [6.07, 6.45) is 0.680. The summed E-state index contributed by atoms with van der Waals surface area (Å²) in [6, 6.07) is 0. The fourth-order valence-electron chi connectivity index (χ4n) is 1.31. The van der Waals surface area contributed by atoms with Crippen LogP contribution in [0.25, 0.3) is 0 Å². The van der Waals surface area contributed by atoms with Crippen LogP contribution >= 0.6 is 23.1 Å². The molecule has 0 atom stereocenters. The zero-order valence-electron chi connectivity index (χ0n) is 11.1. The molecule has 10 heteroatoms. The maximum absolute atomic E-state index is 11.9. The van der Waals surface area contributed by atoms with Crippen LogP contribution < -0.4 is 5.73 Å². The molecule has 2 aromatic rings. The van der Waals surface area contributed by atoms with Gasteiger partial charge < -0.3 is 15.2 Å². The molecule has 2 heterocycles. The van der Waals surface area contributed by atoms with Gasteiger partial charge in [-0.2, -0.15) is 4.98 Å². The number of nitrogen functional groups attached to an aromatic ring is 1. The SMILES string of the molecule is CCc1nc(CN(C)C(=O)CSc2nnc(N)s2)no1. The number of anilines is 1. The molecule has 0 aliphatic heterocycles. The molecule has 0 unspecified atom stereocenters. The summed E-state index contributed by atoms with van der Waals surface area (Å²) < 4.78 is 5.67. The molecule has 8 nitrogen and oxygen atoms in total. The Kier molecular flexibility index (Phi) is 4.90. The number of hydrogen-bond acceptors (Lipinski definition) is 9. The van der Waals surface area contributed by atoms with Crippen LogP contribution in [0.15, 0.2) is 8.86 Å². The first-order valence-corrected chi connectivity index (χ1v) is 7.66. The van der Waals surface area contributed by atoms with Gasteiger partial charge in [-0.3, -0.25) is 4.79 Å². The number of nitrogens with zero attached hydrogens (tertiary/aromatic N) is 5. The van der Waals surface area contributed by atoms with Gasteiger partial charge in [0.15, 0.2) is 10.2 Å². The maximum atomic E-state index is 11.9. The number of aromatic nitrogens is 4. The van der Waals surface area contributed by atoms with E-state index < -0.39 is 0 Å². The lowest BCUT2D eigenvalue weighted by atomic mass is 10.4. The van der Waals surface area contributed by atoms with Crippen LogP contribution in [0.1, 0.15) is 18.6 Å². The minimum atomic E-state index is -0.0494. The molecular weight excluding hydrogens is 300 g/mol. The molecule has 0 radical (unpaired) electrons. The monoisotopic (exact) mass is 314 g/mol. The number of amides is 1. The van der Waals surface area contributed by atoms with Crippen LogP contribution in [0.3, 0.4) is 0 Å². The molecule has 0 saturated carbocycles. The summed E-state index contributed by atoms with van der Waals surface area (Å²) in [4.78, 5) is 17.6. The summed E-state index contributed by atoms with van der Waals surface area (Å²) in [5.41, 5.74) is 5.47. The number of carbonyl (C=O) groups excluding carboxylic acids is 1. The van der Waals surface area contributed by atoms with Crippen molar-refractivity contribution in [3.05, 3.63) is 11.7 Å². The van der Waals surface area contributed by atoms with Gasteiger partial charge in [0.25, 0.3) is 0 Å². The van der Waals surface area contributed by atoms with Crippen LogP contribution in [0.2, 0.25) is 0 Å². The first-order valence-electron chi connectivity index (χ1n) is 5.85. The fourth-order valence-corrected chi connectivity index (χ4v) is 2.89. The Morgan fingerprint density at radius 2 is 2.30 bits per heavy atom. The minimum Gasteiger partial charge on any atom is -0.374 e. The zero-order chi connectivity index (χ0) is 14.5. The molecular formula is C10H14N6O2S2. The molecule has 0 aliphatic carbocycles. The maximum Gasteiger partial charge on any atom is 0.233 e. The van der Waals surface area contributed by atoms with E-state index in [9.17, 15) is 4.79 Å². The van der Waals surface area contributed by atoms with Gasteiger partial charge in [-0.1, -0.05) is 35.2 Å². The lowest BCUT2D eigenvalue weighted by Crippen LogP contribution is -2.28. The largest absolute Gasteiger partial charge is 0.374 e. The molecule has 0 aliphatic rings. The fraction of sp³-hybridized carbons (Fsp3) is 0.500. The topological polar surface area (TPSA) is 111 Å². The number of aryl methyl sites for hydroxylation is 1. The van der Waals surface area contributed by atoms with Crippen molar-refractivity contribution in [2.24, 2.45) is 0 Å². The van der Waals surface area contributed by atoms with Gasteiger partial charge in [-0.05, 0) is 0 Å². The van der Waals surface area contributed by atoms with E-state index in [1.54, 1.807) is 11.9 Å². The van der Waals surface area contributed by atoms with Crippen molar-refractivity contribution >= 4 is 34.1 Å². The highest BCUT2D eigenvalue weighted by Gasteiger charge is 2.14. The van der Waals surface area contributed by atoms with Crippen molar-refractivity contribution in [3.8, 4) is 0 Å². The third-order valence-corrected chi connectivity index (χ3v) is 4.23. The molecule has 1 amide bonds. The molecule has 0 saturated heterocycles. The minimum absolute atomic E-state index is 0.0494. The highest BCUT2D eigenvalue weighted by molar-refractivity contribution is 8.01. The number of carbonyl (C=O) groups is 1. The highest BCUT2D eigenvalue weighted by atomic mass is 32.2. The summed E-state index contributed by atoms with van der Waals surface area (Å²) in [5.74, 6) is 1.29. The van der Waals surface area contributed by atoms with Crippen molar-refractivity contribution in [2.45, 2.75) is 24.2 Å². The molecule has 2 N–H and O–H groups in total. The Labute approximate surface area is 123 Å². The lowest BCUT2D eigenvalue weighted by Gasteiger charge is -2.13. The van der Waals surface area contributed by atoms with Crippen molar-refractivity contribution in [3.63, 3.8) is 0 Å². The average Bonchev–Trinajstić information content (AvgIpc) is 3.04. The molecule has 0 aromatic carbocycles. The summed E-state index contributed by atoms with van der Waals surface area (Å²) in [5, 5.41) is 11.7. The van der Waals surface area contributed by atoms with E-state index in [-0.39, 0.29) is 11.7 Å². The summed E-state index contributed by atoms with van der Waals surface area (Å²) in [7, 11) is 1.69. The van der Waals surface area contributed by atoms with Crippen LogP contribution in [0.5, 0.6) is 0 Å². The van der Waals surface area contributed by atoms with E-state index in [0.717, 1.165) is 0 Å². The Morgan fingerprint density at radius 3 is 2.90 bits per heavy atom.